The van der Waals surface area contributed by atoms with Gasteiger partial charge in [-0.05, 0) is 57.1 Å². The van der Waals surface area contributed by atoms with Crippen LogP contribution in [0.1, 0.15) is 39.8 Å². The molecule has 0 aliphatic heterocycles. The highest BCUT2D eigenvalue weighted by Crippen LogP contribution is 2.35. The molecule has 0 aliphatic carbocycles. The predicted octanol–water partition coefficient (Wildman–Crippen LogP) is 7.11. The summed E-state index contributed by atoms with van der Waals surface area (Å²) in [7, 11) is -1.57. The van der Waals surface area contributed by atoms with E-state index in [4.69, 9.17) is 9.40 Å². The molecule has 0 fully saturated rings. The van der Waals surface area contributed by atoms with Crippen molar-refractivity contribution in [1.82, 2.24) is 9.55 Å². The SMILES string of the molecule is CC(C)n1cc[n+](C(C)C)c1-c1ccc(-c2ccc([Si](C)(C)C)c3c2oc2ccccc23)nc1. The van der Waals surface area contributed by atoms with E-state index in [1.807, 2.05) is 12.3 Å². The maximum atomic E-state index is 6.45. The maximum absolute atomic E-state index is 6.45. The zero-order valence-corrected chi connectivity index (χ0v) is 22.3. The van der Waals surface area contributed by atoms with Crippen molar-refractivity contribution in [3.8, 4) is 22.6 Å². The Morgan fingerprint density at radius 1 is 0.941 bits per heavy atom. The molecule has 0 spiro atoms. The van der Waals surface area contributed by atoms with E-state index < -0.39 is 8.07 Å². The van der Waals surface area contributed by atoms with Crippen molar-refractivity contribution in [2.24, 2.45) is 0 Å². The minimum absolute atomic E-state index is 0.374. The minimum atomic E-state index is -1.57. The first-order valence-electron chi connectivity index (χ1n) is 12.2. The van der Waals surface area contributed by atoms with Gasteiger partial charge in [0.15, 0.2) is 0 Å². The van der Waals surface area contributed by atoms with E-state index in [1.54, 1.807) is 0 Å². The summed E-state index contributed by atoms with van der Waals surface area (Å²) in [6.07, 6.45) is 6.34. The van der Waals surface area contributed by atoms with Crippen LogP contribution in [-0.4, -0.2) is 17.6 Å². The number of hydrogen-bond acceptors (Lipinski definition) is 2. The first-order valence-corrected chi connectivity index (χ1v) is 15.7. The van der Waals surface area contributed by atoms with Crippen molar-refractivity contribution in [2.75, 3.05) is 0 Å². The van der Waals surface area contributed by atoms with Crippen LogP contribution < -0.4 is 9.75 Å². The standard InChI is InChI=1S/C29H34N3OSi/c1-19(2)31-16-17-32(20(3)4)29(31)21-12-14-24(30-18-21)22-13-15-26(34(5,6)7)27-23-10-8-9-11-25(23)33-28(22)27/h8-20H,1-7H3/q+1. The van der Waals surface area contributed by atoms with E-state index in [1.165, 1.54) is 21.8 Å². The minimum Gasteiger partial charge on any atom is -0.455 e. The summed E-state index contributed by atoms with van der Waals surface area (Å²) < 4.78 is 11.1. The van der Waals surface area contributed by atoms with Crippen LogP contribution in [0.4, 0.5) is 0 Å². The number of fused-ring (bicyclic) bond motifs is 3. The molecular weight excluding hydrogens is 434 g/mol. The highest BCUT2D eigenvalue weighted by atomic mass is 28.3. The van der Waals surface area contributed by atoms with Crippen LogP contribution in [0, 0.1) is 0 Å². The molecule has 3 heterocycles. The lowest BCUT2D eigenvalue weighted by Crippen LogP contribution is -2.38. The van der Waals surface area contributed by atoms with Gasteiger partial charge < -0.3 is 4.42 Å². The molecule has 0 saturated heterocycles. The summed E-state index contributed by atoms with van der Waals surface area (Å²) in [6.45, 7) is 16.0. The molecule has 174 valence electrons. The van der Waals surface area contributed by atoms with E-state index in [0.717, 1.165) is 28.0 Å². The van der Waals surface area contributed by atoms with Crippen LogP contribution >= 0.6 is 0 Å². The van der Waals surface area contributed by atoms with E-state index >= 15 is 0 Å². The third-order valence-electron chi connectivity index (χ3n) is 6.62. The molecule has 0 amide bonds. The highest BCUT2D eigenvalue weighted by molar-refractivity contribution is 6.90. The van der Waals surface area contributed by atoms with Crippen LogP contribution in [0.3, 0.4) is 0 Å². The smallest absolute Gasteiger partial charge is 0.290 e. The van der Waals surface area contributed by atoms with E-state index in [2.05, 4.69) is 111 Å². The van der Waals surface area contributed by atoms with Gasteiger partial charge >= 0.3 is 0 Å². The first kappa shape index (κ1) is 22.6. The number of aromatic nitrogens is 3. The van der Waals surface area contributed by atoms with Gasteiger partial charge in [0.1, 0.15) is 23.6 Å². The average molecular weight is 469 g/mol. The Labute approximate surface area is 202 Å². The number of furan rings is 1. The molecule has 2 aromatic carbocycles. The molecule has 0 unspecified atom stereocenters. The molecule has 0 saturated carbocycles. The highest BCUT2D eigenvalue weighted by Gasteiger charge is 2.26. The fourth-order valence-electron chi connectivity index (χ4n) is 4.89. The summed E-state index contributed by atoms with van der Waals surface area (Å²) in [5, 5.41) is 3.88. The normalized spacial score (nSPS) is 12.5. The number of benzene rings is 2. The number of imidazole rings is 1. The Kier molecular flexibility index (Phi) is 5.48. The zero-order valence-electron chi connectivity index (χ0n) is 21.3. The lowest BCUT2D eigenvalue weighted by atomic mass is 10.1. The molecule has 0 radical (unpaired) electrons. The maximum Gasteiger partial charge on any atom is 0.290 e. The molecule has 5 heteroatoms. The molecule has 5 aromatic rings. The number of hydrogen-bond donors (Lipinski definition) is 0. The van der Waals surface area contributed by atoms with Crippen LogP contribution in [0.25, 0.3) is 44.6 Å². The van der Waals surface area contributed by atoms with Crippen molar-refractivity contribution in [1.29, 1.82) is 0 Å². The number of nitrogens with zero attached hydrogens (tertiary/aromatic N) is 3. The van der Waals surface area contributed by atoms with E-state index in [-0.39, 0.29) is 0 Å². The summed E-state index contributed by atoms with van der Waals surface area (Å²) >= 11 is 0. The Morgan fingerprint density at radius 3 is 2.35 bits per heavy atom. The van der Waals surface area contributed by atoms with Crippen molar-refractivity contribution >= 4 is 35.2 Å². The van der Waals surface area contributed by atoms with Gasteiger partial charge in [-0.15, -0.1) is 0 Å². The third kappa shape index (κ3) is 3.68. The van der Waals surface area contributed by atoms with Gasteiger partial charge in [-0.2, -0.15) is 0 Å². The quantitative estimate of drug-likeness (QED) is 0.203. The van der Waals surface area contributed by atoms with Crippen LogP contribution in [0.2, 0.25) is 19.6 Å². The molecule has 0 N–H and O–H groups in total. The number of para-hydroxylation sites is 1. The van der Waals surface area contributed by atoms with E-state index in [0.29, 0.717) is 12.1 Å². The summed E-state index contributed by atoms with van der Waals surface area (Å²) in [5.74, 6) is 1.19. The van der Waals surface area contributed by atoms with Gasteiger partial charge in [-0.3, -0.25) is 4.98 Å². The lowest BCUT2D eigenvalue weighted by Gasteiger charge is -2.19. The van der Waals surface area contributed by atoms with Gasteiger partial charge in [-0.1, -0.05) is 43.9 Å². The van der Waals surface area contributed by atoms with Crippen molar-refractivity contribution in [2.45, 2.75) is 59.4 Å². The summed E-state index contributed by atoms with van der Waals surface area (Å²) in [6, 6.07) is 18.0. The van der Waals surface area contributed by atoms with Gasteiger partial charge in [0, 0.05) is 22.5 Å². The third-order valence-corrected chi connectivity index (χ3v) is 8.65. The van der Waals surface area contributed by atoms with Gasteiger partial charge in [0.2, 0.25) is 0 Å². The first-order chi connectivity index (χ1) is 16.2. The van der Waals surface area contributed by atoms with Crippen LogP contribution in [0.5, 0.6) is 0 Å². The van der Waals surface area contributed by atoms with Gasteiger partial charge in [0.25, 0.3) is 5.82 Å². The van der Waals surface area contributed by atoms with Crippen LogP contribution in [0.15, 0.2) is 71.5 Å². The summed E-state index contributed by atoms with van der Waals surface area (Å²) in [5.41, 5.74) is 5.00. The van der Waals surface area contributed by atoms with Crippen molar-refractivity contribution in [3.05, 3.63) is 67.1 Å². The monoisotopic (exact) mass is 468 g/mol. The number of pyridine rings is 1. The van der Waals surface area contributed by atoms with Gasteiger partial charge in [0.05, 0.1) is 31.4 Å². The Bertz CT molecular complexity index is 1460. The fraction of sp³-hybridized carbons (Fsp3) is 0.310. The summed E-state index contributed by atoms with van der Waals surface area (Å²) in [4.78, 5) is 4.94. The molecule has 5 rings (SSSR count). The Morgan fingerprint density at radius 2 is 1.71 bits per heavy atom. The molecule has 0 atom stereocenters. The Hall–Kier alpha value is -3.18. The lowest BCUT2D eigenvalue weighted by molar-refractivity contribution is -0.705. The number of rotatable bonds is 5. The molecular formula is C29H34N3OSi+. The average Bonchev–Trinajstić information content (AvgIpc) is 3.40. The fourth-order valence-corrected chi connectivity index (χ4v) is 6.47. The Balaban J connectivity index is 1.68. The molecule has 34 heavy (non-hydrogen) atoms. The topological polar surface area (TPSA) is 34.8 Å². The molecule has 0 aliphatic rings. The van der Waals surface area contributed by atoms with Crippen LogP contribution in [-0.2, 0) is 0 Å². The van der Waals surface area contributed by atoms with Gasteiger partial charge in [-0.25, -0.2) is 9.13 Å². The molecule has 4 nitrogen and oxygen atoms in total. The van der Waals surface area contributed by atoms with Crippen molar-refractivity contribution in [3.63, 3.8) is 0 Å². The van der Waals surface area contributed by atoms with E-state index in [9.17, 15) is 0 Å². The largest absolute Gasteiger partial charge is 0.455 e. The second-order valence-electron chi connectivity index (χ2n) is 10.8. The second-order valence-corrected chi connectivity index (χ2v) is 15.8. The van der Waals surface area contributed by atoms with Crippen molar-refractivity contribution < 1.29 is 8.98 Å². The molecule has 3 aromatic heterocycles. The predicted molar refractivity (Wildman–Crippen MR) is 144 cm³/mol. The second kappa shape index (κ2) is 8.24. The zero-order chi connectivity index (χ0) is 24.2. The molecule has 0 bridgehead atoms.